The highest BCUT2D eigenvalue weighted by Gasteiger charge is 2.17. The van der Waals surface area contributed by atoms with Crippen molar-refractivity contribution in [3.63, 3.8) is 0 Å². The highest BCUT2D eigenvalue weighted by Crippen LogP contribution is 2.33. The summed E-state index contributed by atoms with van der Waals surface area (Å²) in [5.74, 6) is 0.317. The lowest BCUT2D eigenvalue weighted by molar-refractivity contribution is -0.118. The van der Waals surface area contributed by atoms with Crippen molar-refractivity contribution in [1.82, 2.24) is 4.98 Å². The van der Waals surface area contributed by atoms with E-state index in [9.17, 15) is 4.79 Å². The summed E-state index contributed by atoms with van der Waals surface area (Å²) in [5, 5.41) is 0.900. The van der Waals surface area contributed by atoms with Crippen LogP contribution in [0.4, 0.5) is 0 Å². The molecule has 0 bridgehead atoms. The summed E-state index contributed by atoms with van der Waals surface area (Å²) < 4.78 is 5.97. The topological polar surface area (TPSA) is 94.1 Å². The number of amides is 1. The van der Waals surface area contributed by atoms with Gasteiger partial charge in [0.1, 0.15) is 12.4 Å². The van der Waals surface area contributed by atoms with Gasteiger partial charge in [-0.15, -0.1) is 0 Å². The molecule has 5 N–H and O–H groups in total. The van der Waals surface area contributed by atoms with Gasteiger partial charge in [0.2, 0.25) is 5.91 Å². The van der Waals surface area contributed by atoms with Gasteiger partial charge in [-0.25, -0.2) is 0 Å². The molecule has 3 aromatic rings. The summed E-state index contributed by atoms with van der Waals surface area (Å²) >= 11 is 0. The van der Waals surface area contributed by atoms with Crippen molar-refractivity contribution in [1.29, 1.82) is 0 Å². The van der Waals surface area contributed by atoms with Gasteiger partial charge in [0.25, 0.3) is 0 Å². The zero-order valence-electron chi connectivity index (χ0n) is 12.7. The van der Waals surface area contributed by atoms with E-state index in [1.807, 2.05) is 54.7 Å². The highest BCUT2D eigenvalue weighted by atomic mass is 16.5. The summed E-state index contributed by atoms with van der Waals surface area (Å²) in [4.78, 5) is 14.3. The second-order valence-electron chi connectivity index (χ2n) is 5.47. The van der Waals surface area contributed by atoms with Crippen LogP contribution in [0.3, 0.4) is 0 Å². The van der Waals surface area contributed by atoms with Crippen LogP contribution in [0, 0.1) is 0 Å². The Morgan fingerprint density at radius 3 is 2.65 bits per heavy atom. The number of H-pyrrole nitrogens is 1. The fourth-order valence-electron chi connectivity index (χ4n) is 2.65. The Kier molecular flexibility index (Phi) is 4.30. The third-order valence-corrected chi connectivity index (χ3v) is 3.76. The van der Waals surface area contributed by atoms with Crippen molar-refractivity contribution in [3.8, 4) is 5.75 Å². The maximum atomic E-state index is 11.1. The number of nitrogens with two attached hydrogens (primary N) is 2. The minimum atomic E-state index is -0.456. The molecule has 0 aliphatic carbocycles. The molecule has 0 fully saturated rings. The molecule has 0 radical (unpaired) electrons. The van der Waals surface area contributed by atoms with Crippen molar-refractivity contribution < 1.29 is 9.53 Å². The third kappa shape index (κ3) is 3.35. The van der Waals surface area contributed by atoms with E-state index < -0.39 is 11.9 Å². The smallest absolute Gasteiger partial charge is 0.219 e. The Balaban J connectivity index is 1.90. The third-order valence-electron chi connectivity index (χ3n) is 3.76. The zero-order valence-corrected chi connectivity index (χ0v) is 12.7. The Hall–Kier alpha value is -2.79. The molecule has 1 unspecified atom stereocenters. The average Bonchev–Trinajstić information content (AvgIpc) is 2.98. The van der Waals surface area contributed by atoms with Gasteiger partial charge in [0, 0.05) is 29.6 Å². The quantitative estimate of drug-likeness (QED) is 0.653. The fourth-order valence-corrected chi connectivity index (χ4v) is 2.65. The molecule has 1 heterocycles. The summed E-state index contributed by atoms with van der Waals surface area (Å²) in [7, 11) is 0. The standard InChI is InChI=1S/C18H19N3O2/c19-14(9-17(20)22)13-10-21-15-7-4-8-16(18(13)15)23-11-12-5-2-1-3-6-12/h1-8,10,14,21H,9,11,19H2,(H2,20,22). The summed E-state index contributed by atoms with van der Waals surface area (Å²) in [6.07, 6.45) is 1.91. The molecule has 23 heavy (non-hydrogen) atoms. The van der Waals surface area contributed by atoms with E-state index >= 15 is 0 Å². The van der Waals surface area contributed by atoms with E-state index in [1.54, 1.807) is 0 Å². The molecule has 0 saturated heterocycles. The molecule has 1 amide bonds. The van der Waals surface area contributed by atoms with E-state index in [2.05, 4.69) is 4.98 Å². The first kappa shape index (κ1) is 15.1. The number of carbonyl (C=O) groups is 1. The first-order chi connectivity index (χ1) is 11.1. The van der Waals surface area contributed by atoms with Gasteiger partial charge in [-0.1, -0.05) is 36.4 Å². The molecule has 0 aliphatic rings. The van der Waals surface area contributed by atoms with Crippen molar-refractivity contribution >= 4 is 16.8 Å². The van der Waals surface area contributed by atoms with Gasteiger partial charge in [-0.2, -0.15) is 0 Å². The van der Waals surface area contributed by atoms with Crippen LogP contribution < -0.4 is 16.2 Å². The number of benzene rings is 2. The number of fused-ring (bicyclic) bond motifs is 1. The van der Waals surface area contributed by atoms with Crippen molar-refractivity contribution in [2.24, 2.45) is 11.5 Å². The highest BCUT2D eigenvalue weighted by molar-refractivity contribution is 5.90. The maximum Gasteiger partial charge on any atom is 0.219 e. The van der Waals surface area contributed by atoms with Crippen LogP contribution in [0.2, 0.25) is 0 Å². The van der Waals surface area contributed by atoms with Crippen LogP contribution >= 0.6 is 0 Å². The van der Waals surface area contributed by atoms with E-state index in [4.69, 9.17) is 16.2 Å². The number of rotatable bonds is 6. The van der Waals surface area contributed by atoms with E-state index in [-0.39, 0.29) is 6.42 Å². The van der Waals surface area contributed by atoms with Gasteiger partial charge in [0.15, 0.2) is 0 Å². The number of aromatic amines is 1. The number of hydrogen-bond acceptors (Lipinski definition) is 3. The number of hydrogen-bond donors (Lipinski definition) is 3. The number of primary amides is 1. The second kappa shape index (κ2) is 6.54. The Bertz CT molecular complexity index is 812. The molecular weight excluding hydrogens is 290 g/mol. The van der Waals surface area contributed by atoms with Gasteiger partial charge < -0.3 is 21.2 Å². The van der Waals surface area contributed by atoms with Crippen LogP contribution in [0.5, 0.6) is 5.75 Å². The minimum Gasteiger partial charge on any atom is -0.488 e. The van der Waals surface area contributed by atoms with Crippen molar-refractivity contribution in [3.05, 3.63) is 65.9 Å². The predicted molar refractivity (Wildman–Crippen MR) is 89.8 cm³/mol. The zero-order chi connectivity index (χ0) is 16.2. The van der Waals surface area contributed by atoms with Crippen molar-refractivity contribution in [2.75, 3.05) is 0 Å². The molecule has 5 nitrogen and oxygen atoms in total. The SMILES string of the molecule is NC(=O)CC(N)c1c[nH]c2cccc(OCc3ccccc3)c12. The molecule has 1 atom stereocenters. The largest absolute Gasteiger partial charge is 0.488 e. The van der Waals surface area contributed by atoms with E-state index in [0.29, 0.717) is 6.61 Å². The molecule has 0 aliphatic heterocycles. The first-order valence-corrected chi connectivity index (χ1v) is 7.46. The summed E-state index contributed by atoms with van der Waals surface area (Å²) in [6.45, 7) is 0.468. The number of aromatic nitrogens is 1. The normalized spacial score (nSPS) is 12.2. The molecular formula is C18H19N3O2. The van der Waals surface area contributed by atoms with Crippen molar-refractivity contribution in [2.45, 2.75) is 19.1 Å². The Morgan fingerprint density at radius 2 is 1.91 bits per heavy atom. The molecule has 1 aromatic heterocycles. The molecule has 2 aromatic carbocycles. The number of ether oxygens (including phenoxy) is 1. The summed E-state index contributed by atoms with van der Waals surface area (Å²) in [5.41, 5.74) is 14.2. The van der Waals surface area contributed by atoms with Gasteiger partial charge >= 0.3 is 0 Å². The first-order valence-electron chi connectivity index (χ1n) is 7.46. The average molecular weight is 309 g/mol. The molecule has 5 heteroatoms. The summed E-state index contributed by atoms with van der Waals surface area (Å²) in [6, 6.07) is 15.3. The van der Waals surface area contributed by atoms with Gasteiger partial charge in [-0.3, -0.25) is 4.79 Å². The molecule has 0 saturated carbocycles. The van der Waals surface area contributed by atoms with Crippen LogP contribution in [0.25, 0.3) is 10.9 Å². The lowest BCUT2D eigenvalue weighted by Crippen LogP contribution is -2.20. The fraction of sp³-hybridized carbons (Fsp3) is 0.167. The number of carbonyl (C=O) groups excluding carboxylic acids is 1. The minimum absolute atomic E-state index is 0.0972. The van der Waals surface area contributed by atoms with Gasteiger partial charge in [0.05, 0.1) is 0 Å². The molecule has 3 rings (SSSR count). The molecule has 0 spiro atoms. The van der Waals surface area contributed by atoms with E-state index in [0.717, 1.165) is 27.8 Å². The lowest BCUT2D eigenvalue weighted by atomic mass is 10.0. The Labute approximate surface area is 134 Å². The Morgan fingerprint density at radius 1 is 1.13 bits per heavy atom. The van der Waals surface area contributed by atoms with Crippen LogP contribution in [-0.4, -0.2) is 10.9 Å². The monoisotopic (exact) mass is 309 g/mol. The second-order valence-corrected chi connectivity index (χ2v) is 5.47. The number of nitrogens with one attached hydrogen (secondary N) is 1. The van der Waals surface area contributed by atoms with Crippen LogP contribution in [-0.2, 0) is 11.4 Å². The van der Waals surface area contributed by atoms with Gasteiger partial charge in [-0.05, 0) is 23.3 Å². The van der Waals surface area contributed by atoms with E-state index in [1.165, 1.54) is 0 Å². The molecule has 118 valence electrons. The maximum absolute atomic E-state index is 11.1. The predicted octanol–water partition coefficient (Wildman–Crippen LogP) is 2.62. The van der Waals surface area contributed by atoms with Crippen LogP contribution in [0.1, 0.15) is 23.6 Å². The van der Waals surface area contributed by atoms with Crippen LogP contribution in [0.15, 0.2) is 54.7 Å². The lowest BCUT2D eigenvalue weighted by Gasteiger charge is -2.12.